The first-order chi connectivity index (χ1) is 9.81. The second kappa shape index (κ2) is 16.5. The Bertz CT molecular complexity index is 229. The Hall–Kier alpha value is -0.573. The van der Waals surface area contributed by atoms with E-state index in [0.29, 0.717) is 16.1 Å². The molecule has 0 amide bonds. The van der Waals surface area contributed by atoms with Crippen molar-refractivity contribution in [3.63, 3.8) is 0 Å². The van der Waals surface area contributed by atoms with Gasteiger partial charge in [0.25, 0.3) is 0 Å². The fraction of sp³-hybridized carbons (Fsp3) is 0.824. The van der Waals surface area contributed by atoms with Gasteiger partial charge in [-0.3, -0.25) is 0 Å². The van der Waals surface area contributed by atoms with Crippen LogP contribution in [0.25, 0.3) is 0 Å². The third kappa shape index (κ3) is 15.5. The highest BCUT2D eigenvalue weighted by atomic mass is 28.2. The van der Waals surface area contributed by atoms with Crippen molar-refractivity contribution < 1.29 is 9.53 Å². The van der Waals surface area contributed by atoms with Crippen molar-refractivity contribution in [3.05, 3.63) is 12.7 Å². The molecule has 0 radical (unpaired) electrons. The molecule has 0 aromatic heterocycles. The second-order valence-corrected chi connectivity index (χ2v) is 7.32. The van der Waals surface area contributed by atoms with Crippen LogP contribution in [0.2, 0.25) is 12.6 Å². The predicted molar refractivity (Wildman–Crippen MR) is 91.2 cm³/mol. The molecule has 0 rings (SSSR count). The molecular weight excluding hydrogens is 264 g/mol. The quantitative estimate of drug-likeness (QED) is 0.190. The number of rotatable bonds is 15. The minimum Gasteiger partial charge on any atom is -0.463 e. The molecule has 0 heterocycles. The summed E-state index contributed by atoms with van der Waals surface area (Å²) in [6, 6.07) is 1.54. The van der Waals surface area contributed by atoms with Gasteiger partial charge in [-0.05, 0) is 6.42 Å². The lowest BCUT2D eigenvalue weighted by Gasteiger charge is -2.03. The number of hydrogen-bond acceptors (Lipinski definition) is 2. The molecule has 0 fully saturated rings. The Balaban J connectivity index is 2.99. The van der Waals surface area contributed by atoms with Crippen molar-refractivity contribution in [2.24, 2.45) is 0 Å². The summed E-state index contributed by atoms with van der Waals surface area (Å²) in [6.45, 7) is 6.33. The van der Waals surface area contributed by atoms with E-state index in [0.717, 1.165) is 6.42 Å². The smallest absolute Gasteiger partial charge is 0.330 e. The molecule has 0 aromatic carbocycles. The molecule has 0 N–H and O–H groups in total. The minimum absolute atomic E-state index is 0.300. The largest absolute Gasteiger partial charge is 0.463 e. The first-order valence-electron chi connectivity index (χ1n) is 8.60. The maximum absolute atomic E-state index is 10.8. The zero-order valence-corrected chi connectivity index (χ0v) is 14.9. The molecule has 2 nitrogen and oxygen atoms in total. The summed E-state index contributed by atoms with van der Waals surface area (Å²) in [5, 5.41) is 0. The average molecular weight is 299 g/mol. The van der Waals surface area contributed by atoms with Gasteiger partial charge in [-0.1, -0.05) is 83.4 Å². The van der Waals surface area contributed by atoms with Crippen LogP contribution in [0.1, 0.15) is 70.6 Å². The molecule has 0 aliphatic heterocycles. The lowest BCUT2D eigenvalue weighted by Crippen LogP contribution is -2.01. The Labute approximate surface area is 128 Å². The van der Waals surface area contributed by atoms with Crippen LogP contribution in [0.15, 0.2) is 12.7 Å². The third-order valence-electron chi connectivity index (χ3n) is 3.66. The van der Waals surface area contributed by atoms with E-state index < -0.39 is 0 Å². The van der Waals surface area contributed by atoms with Crippen LogP contribution in [0.4, 0.5) is 0 Å². The van der Waals surface area contributed by atoms with Gasteiger partial charge in [0.05, 0.1) is 6.61 Å². The van der Waals surface area contributed by atoms with Gasteiger partial charge in [0.1, 0.15) is 0 Å². The summed E-state index contributed by atoms with van der Waals surface area (Å²) in [5.41, 5.74) is 0. The Morgan fingerprint density at radius 1 is 0.900 bits per heavy atom. The van der Waals surface area contributed by atoms with E-state index in [4.69, 9.17) is 4.74 Å². The Kier molecular flexibility index (Phi) is 16.0. The third-order valence-corrected chi connectivity index (χ3v) is 4.87. The molecule has 0 saturated heterocycles. The van der Waals surface area contributed by atoms with E-state index in [1.807, 2.05) is 0 Å². The first-order valence-corrected chi connectivity index (χ1v) is 11.0. The van der Waals surface area contributed by atoms with Crippen LogP contribution >= 0.6 is 0 Å². The molecule has 3 heteroatoms. The summed E-state index contributed by atoms with van der Waals surface area (Å²) in [5.74, 6) is -0.300. The second-order valence-electron chi connectivity index (χ2n) is 5.61. The van der Waals surface area contributed by atoms with Gasteiger partial charge < -0.3 is 4.74 Å². The van der Waals surface area contributed by atoms with Gasteiger partial charge in [-0.2, -0.15) is 0 Å². The molecule has 0 bridgehead atoms. The van der Waals surface area contributed by atoms with Gasteiger partial charge in [0.2, 0.25) is 0 Å². The minimum atomic E-state index is -0.300. The van der Waals surface area contributed by atoms with Crippen molar-refractivity contribution in [1.29, 1.82) is 0 Å². The number of unbranched alkanes of at least 4 members (excludes halogenated alkanes) is 10. The summed E-state index contributed by atoms with van der Waals surface area (Å²) >= 11 is 0. The topological polar surface area (TPSA) is 26.3 Å². The van der Waals surface area contributed by atoms with Crippen molar-refractivity contribution in [3.8, 4) is 0 Å². The highest BCUT2D eigenvalue weighted by Crippen LogP contribution is 2.12. The van der Waals surface area contributed by atoms with Crippen LogP contribution in [-0.4, -0.2) is 22.1 Å². The number of carbonyl (C=O) groups excluding carboxylic acids is 1. The highest BCUT2D eigenvalue weighted by Gasteiger charge is 1.96. The van der Waals surface area contributed by atoms with Crippen LogP contribution in [0, 0.1) is 0 Å². The number of ether oxygens (including phenoxy) is 1. The fourth-order valence-electron chi connectivity index (χ4n) is 2.35. The molecular formula is C17H34O2Si. The van der Waals surface area contributed by atoms with Gasteiger partial charge >= 0.3 is 5.97 Å². The zero-order valence-electron chi connectivity index (χ0n) is 13.5. The Morgan fingerprint density at radius 2 is 1.35 bits per heavy atom. The van der Waals surface area contributed by atoms with E-state index >= 15 is 0 Å². The van der Waals surface area contributed by atoms with E-state index in [2.05, 4.69) is 13.1 Å². The zero-order chi connectivity index (χ0) is 14.9. The lowest BCUT2D eigenvalue weighted by atomic mass is 10.1. The normalized spacial score (nSPS) is 11.1. The van der Waals surface area contributed by atoms with Gasteiger partial charge in [-0.25, -0.2) is 4.79 Å². The van der Waals surface area contributed by atoms with E-state index in [9.17, 15) is 4.79 Å². The summed E-state index contributed by atoms with van der Waals surface area (Å²) in [6.07, 6.45) is 16.0. The van der Waals surface area contributed by atoms with Crippen LogP contribution in [0.3, 0.4) is 0 Å². The predicted octanol–water partition coefficient (Wildman–Crippen LogP) is 4.64. The Morgan fingerprint density at radius 3 is 1.80 bits per heavy atom. The first kappa shape index (κ1) is 19.4. The van der Waals surface area contributed by atoms with Crippen molar-refractivity contribution in [2.45, 2.75) is 83.2 Å². The van der Waals surface area contributed by atoms with E-state index in [1.54, 1.807) is 6.04 Å². The van der Waals surface area contributed by atoms with E-state index in [-0.39, 0.29) is 5.97 Å². The number of carbonyl (C=O) groups is 1. The SMILES string of the molecule is C=CC(=O)OCCCCCCCCCCCCC[SiH2]C. The highest BCUT2D eigenvalue weighted by molar-refractivity contribution is 6.33. The monoisotopic (exact) mass is 298 g/mol. The summed E-state index contributed by atoms with van der Waals surface area (Å²) < 4.78 is 4.94. The lowest BCUT2D eigenvalue weighted by molar-refractivity contribution is -0.137. The molecule has 0 aliphatic rings. The molecule has 20 heavy (non-hydrogen) atoms. The molecule has 0 saturated carbocycles. The van der Waals surface area contributed by atoms with Gasteiger partial charge in [0.15, 0.2) is 0 Å². The van der Waals surface area contributed by atoms with Gasteiger partial charge in [-0.15, -0.1) is 0 Å². The molecule has 0 aromatic rings. The van der Waals surface area contributed by atoms with Crippen molar-refractivity contribution in [1.82, 2.24) is 0 Å². The van der Waals surface area contributed by atoms with Gasteiger partial charge in [0, 0.05) is 15.6 Å². The fourth-order valence-corrected chi connectivity index (χ4v) is 3.21. The average Bonchev–Trinajstić information content (AvgIpc) is 2.47. The standard InChI is InChI=1S/C17H34O2Si/c1-3-17(18)19-15-13-11-9-7-5-4-6-8-10-12-14-16-20-2/h3H,1,4-16,20H2,2H3. The molecule has 118 valence electrons. The number of hydrogen-bond donors (Lipinski definition) is 0. The van der Waals surface area contributed by atoms with Crippen LogP contribution < -0.4 is 0 Å². The van der Waals surface area contributed by atoms with Crippen LogP contribution in [-0.2, 0) is 9.53 Å². The molecule has 0 unspecified atom stereocenters. The van der Waals surface area contributed by atoms with E-state index in [1.165, 1.54) is 70.3 Å². The maximum Gasteiger partial charge on any atom is 0.330 e. The summed E-state index contributed by atoms with van der Waals surface area (Å²) in [4.78, 5) is 10.8. The molecule has 0 atom stereocenters. The molecule has 0 aliphatic carbocycles. The maximum atomic E-state index is 10.8. The summed E-state index contributed by atoms with van der Waals surface area (Å²) in [7, 11) is 0.315. The number of esters is 1. The van der Waals surface area contributed by atoms with Crippen LogP contribution in [0.5, 0.6) is 0 Å². The molecule has 0 spiro atoms. The van der Waals surface area contributed by atoms with Crippen molar-refractivity contribution in [2.75, 3.05) is 6.61 Å². The van der Waals surface area contributed by atoms with Crippen molar-refractivity contribution >= 4 is 15.5 Å².